The summed E-state index contributed by atoms with van der Waals surface area (Å²) in [6, 6.07) is 19.7. The molecule has 1 amide bonds. The number of fused-ring (bicyclic) bond motifs is 1. The minimum Gasteiger partial charge on any atom is -0.490 e. The number of carbonyl (C=O) groups is 1. The fraction of sp³-hybridized carbons (Fsp3) is 0.286. The zero-order chi connectivity index (χ0) is 24.5. The van der Waals surface area contributed by atoms with Gasteiger partial charge in [0.15, 0.2) is 0 Å². The van der Waals surface area contributed by atoms with Gasteiger partial charge in [0.2, 0.25) is 5.91 Å². The number of aromatic nitrogens is 2. The predicted octanol–water partition coefficient (Wildman–Crippen LogP) is 4.75. The molecule has 1 N–H and O–H groups in total. The Morgan fingerprint density at radius 3 is 2.51 bits per heavy atom. The van der Waals surface area contributed by atoms with Crippen LogP contribution in [0.3, 0.4) is 0 Å². The Hall–Kier alpha value is -3.71. The second-order valence-corrected chi connectivity index (χ2v) is 9.14. The van der Waals surface area contributed by atoms with E-state index in [4.69, 9.17) is 9.72 Å². The van der Waals surface area contributed by atoms with Crippen LogP contribution in [-0.4, -0.2) is 39.8 Å². The minimum absolute atomic E-state index is 0.0286. The van der Waals surface area contributed by atoms with E-state index in [2.05, 4.69) is 0 Å². The van der Waals surface area contributed by atoms with Crippen molar-refractivity contribution in [3.8, 4) is 5.75 Å². The van der Waals surface area contributed by atoms with Crippen molar-refractivity contribution in [3.63, 3.8) is 0 Å². The molecule has 0 bridgehead atoms. The number of aryl methyl sites for hydroxylation is 2. The van der Waals surface area contributed by atoms with Gasteiger partial charge in [-0.05, 0) is 61.4 Å². The summed E-state index contributed by atoms with van der Waals surface area (Å²) in [6.45, 7) is 4.86. The third-order valence-electron chi connectivity index (χ3n) is 6.53. The van der Waals surface area contributed by atoms with Crippen molar-refractivity contribution < 1.29 is 19.0 Å². The Kier molecular flexibility index (Phi) is 6.26. The molecule has 0 spiro atoms. The van der Waals surface area contributed by atoms with Crippen LogP contribution >= 0.6 is 0 Å². The molecule has 35 heavy (non-hydrogen) atoms. The summed E-state index contributed by atoms with van der Waals surface area (Å²) in [4.78, 5) is 19.4. The number of imidazole rings is 1. The molecule has 1 aromatic heterocycles. The average Bonchev–Trinajstić information content (AvgIpc) is 3.40. The highest BCUT2D eigenvalue weighted by Gasteiger charge is 2.35. The van der Waals surface area contributed by atoms with Gasteiger partial charge in [-0.15, -0.1) is 0 Å². The lowest BCUT2D eigenvalue weighted by Gasteiger charge is -2.20. The second-order valence-electron chi connectivity index (χ2n) is 9.14. The molecule has 7 heteroatoms. The largest absolute Gasteiger partial charge is 0.490 e. The lowest BCUT2D eigenvalue weighted by Crippen LogP contribution is -2.26. The van der Waals surface area contributed by atoms with E-state index in [0.29, 0.717) is 25.2 Å². The number of ether oxygens (including phenoxy) is 1. The Morgan fingerprint density at radius 1 is 1.06 bits per heavy atom. The summed E-state index contributed by atoms with van der Waals surface area (Å²) in [7, 11) is 0. The van der Waals surface area contributed by atoms with Crippen molar-refractivity contribution in [2.45, 2.75) is 38.8 Å². The fourth-order valence-corrected chi connectivity index (χ4v) is 4.82. The number of nitrogens with zero attached hydrogens (tertiary/aromatic N) is 3. The van der Waals surface area contributed by atoms with E-state index in [1.165, 1.54) is 12.1 Å². The van der Waals surface area contributed by atoms with E-state index in [-0.39, 0.29) is 24.2 Å². The van der Waals surface area contributed by atoms with E-state index >= 15 is 0 Å². The third kappa shape index (κ3) is 4.64. The number of carbonyl (C=O) groups excluding carboxylic acids is 1. The summed E-state index contributed by atoms with van der Waals surface area (Å²) in [6.07, 6.45) is -0.467. The Balaban J connectivity index is 1.39. The number of rotatable bonds is 7. The Labute approximate surface area is 203 Å². The highest BCUT2D eigenvalue weighted by atomic mass is 19.1. The molecule has 180 valence electrons. The van der Waals surface area contributed by atoms with Gasteiger partial charge in [0.1, 0.15) is 30.1 Å². The van der Waals surface area contributed by atoms with Crippen LogP contribution < -0.4 is 9.64 Å². The molecule has 2 atom stereocenters. The van der Waals surface area contributed by atoms with Crippen molar-refractivity contribution in [1.82, 2.24) is 9.55 Å². The molecule has 1 aliphatic heterocycles. The first-order valence-electron chi connectivity index (χ1n) is 11.8. The molecule has 3 aromatic carbocycles. The molecule has 2 unspecified atom stereocenters. The van der Waals surface area contributed by atoms with Gasteiger partial charge >= 0.3 is 0 Å². The third-order valence-corrected chi connectivity index (χ3v) is 6.53. The van der Waals surface area contributed by atoms with E-state index in [1.54, 1.807) is 17.0 Å². The first-order valence-corrected chi connectivity index (χ1v) is 11.8. The van der Waals surface area contributed by atoms with Crippen LogP contribution in [0.25, 0.3) is 11.0 Å². The first kappa shape index (κ1) is 23.1. The van der Waals surface area contributed by atoms with Gasteiger partial charge in [0, 0.05) is 24.6 Å². The van der Waals surface area contributed by atoms with Crippen LogP contribution in [0.4, 0.5) is 10.1 Å². The number of anilines is 1. The van der Waals surface area contributed by atoms with Crippen molar-refractivity contribution in [1.29, 1.82) is 0 Å². The van der Waals surface area contributed by atoms with Gasteiger partial charge < -0.3 is 19.3 Å². The first-order chi connectivity index (χ1) is 16.9. The molecule has 0 aliphatic carbocycles. The summed E-state index contributed by atoms with van der Waals surface area (Å²) in [5.74, 6) is 1.04. The van der Waals surface area contributed by atoms with Gasteiger partial charge in [0.25, 0.3) is 0 Å². The number of aliphatic hydroxyl groups is 1. The summed E-state index contributed by atoms with van der Waals surface area (Å²) >= 11 is 0. The molecule has 0 saturated carbocycles. The SMILES string of the molecule is Cc1cccc(C)c1OCC(O)Cn1c(C2CC(=O)N(c3ccc(F)cc3)C2)nc2ccccc21. The lowest BCUT2D eigenvalue weighted by molar-refractivity contribution is -0.117. The van der Waals surface area contributed by atoms with Gasteiger partial charge in [-0.1, -0.05) is 30.3 Å². The maximum absolute atomic E-state index is 13.4. The number of halogens is 1. The molecular formula is C28H28FN3O3. The number of amides is 1. The lowest BCUT2D eigenvalue weighted by atomic mass is 10.1. The van der Waals surface area contributed by atoms with Gasteiger partial charge in [-0.25, -0.2) is 9.37 Å². The molecule has 0 radical (unpaired) electrons. The molecule has 1 saturated heterocycles. The predicted molar refractivity (Wildman–Crippen MR) is 133 cm³/mol. The molecule has 2 heterocycles. The molecule has 1 fully saturated rings. The summed E-state index contributed by atoms with van der Waals surface area (Å²) < 4.78 is 21.4. The summed E-state index contributed by atoms with van der Waals surface area (Å²) in [5, 5.41) is 10.9. The quantitative estimate of drug-likeness (QED) is 0.421. The number of hydrogen-bond acceptors (Lipinski definition) is 4. The maximum Gasteiger partial charge on any atom is 0.227 e. The molecule has 4 aromatic rings. The van der Waals surface area contributed by atoms with E-state index in [1.807, 2.05) is 60.9 Å². The van der Waals surface area contributed by atoms with Crippen LogP contribution in [0, 0.1) is 19.7 Å². The van der Waals surface area contributed by atoms with Crippen LogP contribution in [0.1, 0.15) is 29.3 Å². The highest BCUT2D eigenvalue weighted by molar-refractivity contribution is 5.96. The number of hydrogen-bond donors (Lipinski definition) is 1. The topological polar surface area (TPSA) is 67.6 Å². The van der Waals surface area contributed by atoms with Crippen molar-refractivity contribution in [3.05, 3.63) is 89.5 Å². The van der Waals surface area contributed by atoms with E-state index in [9.17, 15) is 14.3 Å². The number of para-hydroxylation sites is 3. The smallest absolute Gasteiger partial charge is 0.227 e. The Morgan fingerprint density at radius 2 is 1.77 bits per heavy atom. The minimum atomic E-state index is -0.768. The summed E-state index contributed by atoms with van der Waals surface area (Å²) in [5.41, 5.74) is 4.44. The number of benzene rings is 3. The van der Waals surface area contributed by atoms with Crippen LogP contribution in [0.5, 0.6) is 5.75 Å². The average molecular weight is 474 g/mol. The molecular weight excluding hydrogens is 445 g/mol. The van der Waals surface area contributed by atoms with E-state index < -0.39 is 6.10 Å². The van der Waals surface area contributed by atoms with Gasteiger partial charge in [-0.2, -0.15) is 0 Å². The van der Waals surface area contributed by atoms with Crippen molar-refractivity contribution >= 4 is 22.6 Å². The van der Waals surface area contributed by atoms with Crippen molar-refractivity contribution in [2.24, 2.45) is 0 Å². The molecule has 1 aliphatic rings. The van der Waals surface area contributed by atoms with Gasteiger partial charge in [0.05, 0.1) is 17.6 Å². The second kappa shape index (κ2) is 9.50. The van der Waals surface area contributed by atoms with Crippen LogP contribution in [0.2, 0.25) is 0 Å². The molecule has 6 nitrogen and oxygen atoms in total. The standard InChI is InChI=1S/C28H28FN3O3/c1-18-6-5-7-19(2)27(18)35-17-23(33)16-32-25-9-4-3-8-24(25)30-28(32)20-14-26(34)31(15-20)22-12-10-21(29)11-13-22/h3-13,20,23,33H,14-17H2,1-2H3. The van der Waals surface area contributed by atoms with Gasteiger partial charge in [-0.3, -0.25) is 4.79 Å². The zero-order valence-electron chi connectivity index (χ0n) is 19.8. The number of aliphatic hydroxyl groups excluding tert-OH is 1. The van der Waals surface area contributed by atoms with Crippen LogP contribution in [0.15, 0.2) is 66.7 Å². The normalized spacial score (nSPS) is 16.7. The van der Waals surface area contributed by atoms with Crippen molar-refractivity contribution in [2.75, 3.05) is 18.1 Å². The molecule has 5 rings (SSSR count). The van der Waals surface area contributed by atoms with Crippen LogP contribution in [-0.2, 0) is 11.3 Å². The van der Waals surface area contributed by atoms with E-state index in [0.717, 1.165) is 33.7 Å². The fourth-order valence-electron chi connectivity index (χ4n) is 4.82. The Bertz CT molecular complexity index is 1350. The monoisotopic (exact) mass is 473 g/mol. The highest BCUT2D eigenvalue weighted by Crippen LogP contribution is 2.33. The zero-order valence-corrected chi connectivity index (χ0v) is 19.8. The maximum atomic E-state index is 13.4.